The molecule has 0 aliphatic carbocycles. The predicted octanol–water partition coefficient (Wildman–Crippen LogP) is 0.633. The van der Waals surface area contributed by atoms with Crippen LogP contribution in [0.4, 0.5) is 5.13 Å². The van der Waals surface area contributed by atoms with Crippen LogP contribution in [-0.2, 0) is 30.6 Å². The predicted molar refractivity (Wildman–Crippen MR) is 154 cm³/mol. The zero-order chi connectivity index (χ0) is 30.5. The van der Waals surface area contributed by atoms with Crippen LogP contribution in [-0.4, -0.2) is 77.2 Å². The fraction of sp³-hybridized carbons (Fsp3) is 0.348. The maximum atomic E-state index is 13.3. The summed E-state index contributed by atoms with van der Waals surface area (Å²) in [5.41, 5.74) is 11.6. The number of halogens is 1. The Balaban J connectivity index is 1.39. The van der Waals surface area contributed by atoms with E-state index in [1.807, 2.05) is 33.7 Å². The SMILES string of the molecule is C[C@H](O/N=C(\C(=O)N[C@@H]1C(=O)N2C(C(=O)O)=C(C[n+]3cc4sccn4c3[C@@H](C)N)CS[C@H]12)c1nc(N)sc1Cl)C(=O)O. The first-order valence-corrected chi connectivity index (χ1v) is 15.3. The summed E-state index contributed by atoms with van der Waals surface area (Å²) in [7, 11) is 0. The van der Waals surface area contributed by atoms with Crippen LogP contribution in [0.3, 0.4) is 0 Å². The van der Waals surface area contributed by atoms with Crippen molar-refractivity contribution in [3.05, 3.63) is 44.9 Å². The van der Waals surface area contributed by atoms with Crippen molar-refractivity contribution in [1.82, 2.24) is 19.6 Å². The standard InChI is InChI=1S/C23H23ClN8O7S3/c1-8(25)18-30(6-11-31(18)3-4-40-11)5-10-7-41-20-14(19(34)32(20)15(10)22(37)38)27-17(33)13(29-39-9(2)21(35)36)12-16(24)42-23(26)28-12/h3-4,6,8-9,14,20H,5,7,25H2,1-2H3,(H4-,26,27,28,33,35,36,37,38)/p+1/b29-13-/t8-,9+,14-,20-/m1/s1. The van der Waals surface area contributed by atoms with Crippen molar-refractivity contribution in [1.29, 1.82) is 0 Å². The number of carboxylic acid groups (broad SMARTS) is 2. The summed E-state index contributed by atoms with van der Waals surface area (Å²) in [6.45, 7) is 3.24. The largest absolute Gasteiger partial charge is 0.478 e. The number of thiazole rings is 2. The number of thioether (sulfide) groups is 1. The quantitative estimate of drug-likeness (QED) is 0.0882. The Hall–Kier alpha value is -3.71. The van der Waals surface area contributed by atoms with Gasteiger partial charge >= 0.3 is 11.9 Å². The molecule has 15 nitrogen and oxygen atoms in total. The van der Waals surface area contributed by atoms with Crippen LogP contribution < -0.4 is 21.4 Å². The molecule has 0 bridgehead atoms. The van der Waals surface area contributed by atoms with Crippen molar-refractivity contribution in [2.75, 3.05) is 11.5 Å². The van der Waals surface area contributed by atoms with E-state index >= 15 is 0 Å². The van der Waals surface area contributed by atoms with Gasteiger partial charge in [-0.15, -0.1) is 11.8 Å². The number of aliphatic carboxylic acids is 2. The van der Waals surface area contributed by atoms with Gasteiger partial charge in [-0.2, -0.15) is 4.40 Å². The van der Waals surface area contributed by atoms with Gasteiger partial charge in [-0.3, -0.25) is 14.5 Å². The molecule has 1 saturated heterocycles. The summed E-state index contributed by atoms with van der Waals surface area (Å²) >= 11 is 9.81. The van der Waals surface area contributed by atoms with Crippen molar-refractivity contribution in [3.8, 4) is 0 Å². The van der Waals surface area contributed by atoms with Gasteiger partial charge in [0.15, 0.2) is 10.8 Å². The number of nitrogens with two attached hydrogens (primary N) is 2. The van der Waals surface area contributed by atoms with Crippen LogP contribution in [0.1, 0.15) is 31.4 Å². The minimum Gasteiger partial charge on any atom is -0.478 e. The molecule has 7 N–H and O–H groups in total. The smallest absolute Gasteiger partial charge is 0.352 e. The number of hydrogen-bond acceptors (Lipinski definition) is 12. The number of nitrogens with zero attached hydrogens (tertiary/aromatic N) is 5. The minimum atomic E-state index is -1.41. The second kappa shape index (κ2) is 11.5. The van der Waals surface area contributed by atoms with Gasteiger partial charge in [0.2, 0.25) is 10.9 Å². The van der Waals surface area contributed by atoms with Crippen LogP contribution in [0.15, 0.2) is 34.2 Å². The first-order chi connectivity index (χ1) is 19.9. The van der Waals surface area contributed by atoms with E-state index in [1.54, 1.807) is 0 Å². The first kappa shape index (κ1) is 29.8. The molecule has 0 saturated carbocycles. The van der Waals surface area contributed by atoms with Crippen LogP contribution in [0.25, 0.3) is 4.83 Å². The maximum absolute atomic E-state index is 13.3. The highest BCUT2D eigenvalue weighted by atomic mass is 35.5. The third-order valence-electron chi connectivity index (χ3n) is 6.44. The number of hydrogen-bond donors (Lipinski definition) is 5. The van der Waals surface area contributed by atoms with Gasteiger partial charge in [0.25, 0.3) is 17.6 Å². The lowest BCUT2D eigenvalue weighted by atomic mass is 10.0. The molecule has 0 aromatic carbocycles. The van der Waals surface area contributed by atoms with E-state index in [2.05, 4.69) is 15.5 Å². The number of nitrogens with one attached hydrogen (secondary N) is 1. The Kier molecular flexibility index (Phi) is 8.17. The number of amides is 2. The Morgan fingerprint density at radius 2 is 2.10 bits per heavy atom. The molecule has 0 radical (unpaired) electrons. The normalized spacial score (nSPS) is 20.2. The van der Waals surface area contributed by atoms with Crippen molar-refractivity contribution >= 4 is 85.5 Å². The van der Waals surface area contributed by atoms with Gasteiger partial charge < -0.3 is 31.8 Å². The molecule has 5 heterocycles. The third-order valence-corrected chi connectivity index (χ3v) is 9.66. The highest BCUT2D eigenvalue weighted by Gasteiger charge is 2.54. The van der Waals surface area contributed by atoms with Gasteiger partial charge in [-0.05, 0) is 13.8 Å². The number of oxime groups is 1. The maximum Gasteiger partial charge on any atom is 0.352 e. The van der Waals surface area contributed by atoms with Crippen LogP contribution in [0.2, 0.25) is 4.34 Å². The highest BCUT2D eigenvalue weighted by Crippen LogP contribution is 2.40. The molecule has 5 rings (SSSR count). The van der Waals surface area contributed by atoms with E-state index in [9.17, 15) is 24.3 Å². The number of fused-ring (bicyclic) bond motifs is 2. The molecule has 222 valence electrons. The molecule has 42 heavy (non-hydrogen) atoms. The number of nitrogen functional groups attached to an aromatic ring is 1. The zero-order valence-electron chi connectivity index (χ0n) is 21.9. The second-order valence-corrected chi connectivity index (χ2v) is 13.0. The van der Waals surface area contributed by atoms with Crippen molar-refractivity contribution in [2.24, 2.45) is 10.9 Å². The average molecular weight is 656 g/mol. The van der Waals surface area contributed by atoms with E-state index in [1.165, 1.54) is 30.0 Å². The van der Waals surface area contributed by atoms with Crippen molar-refractivity contribution < 1.29 is 38.8 Å². The highest BCUT2D eigenvalue weighted by molar-refractivity contribution is 8.00. The molecule has 2 aliphatic rings. The fourth-order valence-corrected chi connectivity index (χ4v) is 7.61. The van der Waals surface area contributed by atoms with E-state index in [0.717, 1.165) is 26.9 Å². The summed E-state index contributed by atoms with van der Waals surface area (Å²) in [5, 5.41) is 26.6. The van der Waals surface area contributed by atoms with Gasteiger partial charge in [0, 0.05) is 16.7 Å². The Bertz CT molecular complexity index is 1680. The molecule has 3 aromatic rings. The molecule has 2 amide bonds. The fourth-order valence-electron chi connectivity index (χ4n) is 4.57. The molecular weight excluding hydrogens is 632 g/mol. The third kappa shape index (κ3) is 5.31. The van der Waals surface area contributed by atoms with E-state index in [-0.39, 0.29) is 39.2 Å². The lowest BCUT2D eigenvalue weighted by Crippen LogP contribution is -2.71. The Labute approximate surface area is 254 Å². The van der Waals surface area contributed by atoms with Crippen LogP contribution in [0, 0.1) is 0 Å². The van der Waals surface area contributed by atoms with Crippen molar-refractivity contribution in [2.45, 2.75) is 44.0 Å². The van der Waals surface area contributed by atoms with E-state index < -0.39 is 47.0 Å². The molecule has 4 atom stereocenters. The van der Waals surface area contributed by atoms with E-state index in [4.69, 9.17) is 33.0 Å². The first-order valence-electron chi connectivity index (χ1n) is 12.2. The van der Waals surface area contributed by atoms with Gasteiger partial charge in [-0.1, -0.05) is 39.4 Å². The van der Waals surface area contributed by atoms with Crippen LogP contribution in [0.5, 0.6) is 0 Å². The summed E-state index contributed by atoms with van der Waals surface area (Å²) in [6, 6.07) is -1.45. The topological polar surface area (TPSA) is 219 Å². The molecule has 2 aliphatic heterocycles. The molecule has 0 spiro atoms. The monoisotopic (exact) mass is 655 g/mol. The number of anilines is 1. The summed E-state index contributed by atoms with van der Waals surface area (Å²) in [6.07, 6.45) is 2.37. The van der Waals surface area contributed by atoms with E-state index in [0.29, 0.717) is 5.57 Å². The zero-order valence-corrected chi connectivity index (χ0v) is 25.1. The second-order valence-electron chi connectivity index (χ2n) is 9.33. The Morgan fingerprint density at radius 1 is 1.36 bits per heavy atom. The number of carbonyl (C=O) groups excluding carboxylic acids is 2. The summed E-state index contributed by atoms with van der Waals surface area (Å²) < 4.78 is 3.82. The minimum absolute atomic E-state index is 0.00321. The molecule has 19 heteroatoms. The Morgan fingerprint density at radius 3 is 2.71 bits per heavy atom. The summed E-state index contributed by atoms with van der Waals surface area (Å²) in [4.78, 5) is 61.1. The number of aromatic nitrogens is 3. The molecular formula is C23H24ClN8O7S3+. The van der Waals surface area contributed by atoms with Gasteiger partial charge in [0.05, 0.1) is 0 Å². The van der Waals surface area contributed by atoms with Crippen LogP contribution >= 0.6 is 46.0 Å². The van der Waals surface area contributed by atoms with Gasteiger partial charge in [0.1, 0.15) is 52.1 Å². The molecule has 0 unspecified atom stereocenters. The number of β-lactam (4-membered cyclic amide) rings is 1. The number of carbonyl (C=O) groups is 4. The summed E-state index contributed by atoms with van der Waals surface area (Å²) in [5.74, 6) is -3.14. The van der Waals surface area contributed by atoms with Crippen molar-refractivity contribution in [3.63, 3.8) is 0 Å². The lowest BCUT2D eigenvalue weighted by molar-refractivity contribution is -0.696. The number of rotatable bonds is 10. The average Bonchev–Trinajstić information content (AvgIpc) is 3.60. The van der Waals surface area contributed by atoms with Gasteiger partial charge in [-0.25, -0.2) is 19.1 Å². The molecule has 3 aromatic heterocycles. The number of carboxylic acids is 2. The number of imidazole rings is 1. The lowest BCUT2D eigenvalue weighted by Gasteiger charge is -2.49. The molecule has 1 fully saturated rings.